The van der Waals surface area contributed by atoms with E-state index in [1.807, 2.05) is 70.5 Å². The summed E-state index contributed by atoms with van der Waals surface area (Å²) < 4.78 is 12.1. The second kappa shape index (κ2) is 31.6. The second-order valence-electron chi connectivity index (χ2n) is 18.5. The van der Waals surface area contributed by atoms with Gasteiger partial charge in [-0.1, -0.05) is 72.5 Å². The Labute approximate surface area is 427 Å². The van der Waals surface area contributed by atoms with Crippen molar-refractivity contribution in [2.24, 2.45) is 0 Å². The van der Waals surface area contributed by atoms with Gasteiger partial charge in [0, 0.05) is 51.4 Å². The quantitative estimate of drug-likeness (QED) is 0.0648. The number of likely N-dealkylation sites (tertiary alicyclic amines) is 2. The van der Waals surface area contributed by atoms with Gasteiger partial charge in [-0.05, 0) is 117 Å². The molecule has 0 unspecified atom stereocenters. The summed E-state index contributed by atoms with van der Waals surface area (Å²) >= 11 is 0. The number of hydrogen-bond donors (Lipinski definition) is 6. The van der Waals surface area contributed by atoms with Crippen LogP contribution in [0.3, 0.4) is 0 Å². The maximum atomic E-state index is 14.4. The molecule has 2 aromatic carbocycles. The van der Waals surface area contributed by atoms with E-state index in [4.69, 9.17) is 9.47 Å². The zero-order chi connectivity index (χ0) is 52.4. The van der Waals surface area contributed by atoms with E-state index in [0.29, 0.717) is 65.0 Å². The lowest BCUT2D eigenvalue weighted by molar-refractivity contribution is -0.142. The fraction of sp³-hybridized carbons (Fsp3) is 0.593. The Kier molecular flexibility index (Phi) is 25.7. The van der Waals surface area contributed by atoms with Gasteiger partial charge in [0.05, 0.1) is 37.4 Å². The SMILES string of the molecule is CNCC(=O)N(CCc1ccccc1)C[C@@H]1CCCN1C(=O)[C@@H](NC(=O)[C@H](C)NC)[C@@H](C)OCC#CC#CCO[C@H](C)[C@H](NC(=O)[C@H](C)NC)C(=O)N1CCC[C@H]1CN(CCc1ccccc1)C(=O)CNC. The highest BCUT2D eigenvalue weighted by Gasteiger charge is 2.40. The minimum Gasteiger partial charge on any atom is -0.363 e. The maximum absolute atomic E-state index is 14.4. The smallest absolute Gasteiger partial charge is 0.248 e. The third-order valence-electron chi connectivity index (χ3n) is 13.4. The summed E-state index contributed by atoms with van der Waals surface area (Å²) in [5.74, 6) is 9.81. The van der Waals surface area contributed by atoms with Gasteiger partial charge in [-0.3, -0.25) is 28.8 Å². The molecule has 2 aliphatic rings. The van der Waals surface area contributed by atoms with Crippen molar-refractivity contribution in [3.05, 3.63) is 71.8 Å². The third-order valence-corrected chi connectivity index (χ3v) is 13.4. The number of hydrogen-bond acceptors (Lipinski definition) is 12. The second-order valence-corrected chi connectivity index (χ2v) is 18.5. The van der Waals surface area contributed by atoms with Crippen molar-refractivity contribution in [2.75, 3.05) is 93.8 Å². The van der Waals surface area contributed by atoms with Crippen LogP contribution >= 0.6 is 0 Å². The van der Waals surface area contributed by atoms with Gasteiger partial charge >= 0.3 is 0 Å². The summed E-state index contributed by atoms with van der Waals surface area (Å²) in [5.41, 5.74) is 2.23. The Morgan fingerprint density at radius 1 is 0.597 bits per heavy atom. The van der Waals surface area contributed by atoms with Crippen LogP contribution in [0.2, 0.25) is 0 Å². The first-order valence-corrected chi connectivity index (χ1v) is 25.4. The Bertz CT molecular complexity index is 2010. The first-order valence-electron chi connectivity index (χ1n) is 25.4. The molecule has 0 aliphatic carbocycles. The molecule has 0 aromatic heterocycles. The number of likely N-dealkylation sites (N-methyl/N-ethyl adjacent to an activating group) is 4. The van der Waals surface area contributed by atoms with Gasteiger partial charge in [-0.15, -0.1) is 0 Å². The van der Waals surface area contributed by atoms with E-state index in [-0.39, 0.29) is 73.8 Å². The first kappa shape index (κ1) is 58.7. The van der Waals surface area contributed by atoms with E-state index < -0.39 is 36.4 Å². The van der Waals surface area contributed by atoms with E-state index in [2.05, 4.69) is 55.6 Å². The molecule has 18 nitrogen and oxygen atoms in total. The normalized spacial score (nSPS) is 17.7. The predicted molar refractivity (Wildman–Crippen MR) is 278 cm³/mol. The van der Waals surface area contributed by atoms with Crippen molar-refractivity contribution < 1.29 is 38.2 Å². The van der Waals surface area contributed by atoms with E-state index in [1.165, 1.54) is 0 Å². The highest BCUT2D eigenvalue weighted by atomic mass is 16.5. The zero-order valence-electron chi connectivity index (χ0n) is 43.8. The van der Waals surface area contributed by atoms with E-state index in [9.17, 15) is 28.8 Å². The topological polar surface area (TPSA) is 206 Å². The molecular formula is C54H80N10O8. The van der Waals surface area contributed by atoms with Crippen LogP contribution in [0.15, 0.2) is 60.7 Å². The Balaban J connectivity index is 1.39. The Morgan fingerprint density at radius 3 is 1.32 bits per heavy atom. The van der Waals surface area contributed by atoms with Crippen LogP contribution in [0.25, 0.3) is 0 Å². The van der Waals surface area contributed by atoms with Crippen molar-refractivity contribution in [2.45, 2.75) is 115 Å². The van der Waals surface area contributed by atoms with Crippen LogP contribution in [0, 0.1) is 23.7 Å². The molecular weight excluding hydrogens is 917 g/mol. The molecule has 72 heavy (non-hydrogen) atoms. The first-order chi connectivity index (χ1) is 34.7. The van der Waals surface area contributed by atoms with Crippen molar-refractivity contribution in [3.63, 3.8) is 0 Å². The summed E-state index contributed by atoms with van der Waals surface area (Å²) in [5, 5.41) is 17.6. The van der Waals surface area contributed by atoms with Crippen LogP contribution in [-0.4, -0.2) is 197 Å². The molecule has 2 saturated heterocycles. The number of carbonyl (C=O) groups is 6. The van der Waals surface area contributed by atoms with Gasteiger partial charge in [0.25, 0.3) is 0 Å². The number of benzene rings is 2. The van der Waals surface area contributed by atoms with Crippen molar-refractivity contribution in [1.82, 2.24) is 51.5 Å². The molecule has 2 fully saturated rings. The fourth-order valence-electron chi connectivity index (χ4n) is 8.75. The van der Waals surface area contributed by atoms with Gasteiger partial charge < -0.3 is 61.0 Å². The molecule has 8 atom stereocenters. The Morgan fingerprint density at radius 2 is 0.972 bits per heavy atom. The number of ether oxygens (including phenoxy) is 2. The molecule has 2 aliphatic heterocycles. The molecule has 6 amide bonds. The molecule has 4 rings (SSSR count). The summed E-state index contributed by atoms with van der Waals surface area (Å²) in [6, 6.07) is 16.3. The summed E-state index contributed by atoms with van der Waals surface area (Å²) in [6.45, 7) is 9.71. The van der Waals surface area contributed by atoms with Crippen LogP contribution < -0.4 is 31.9 Å². The average molecular weight is 997 g/mol. The van der Waals surface area contributed by atoms with E-state index in [1.54, 1.807) is 65.7 Å². The van der Waals surface area contributed by atoms with Crippen molar-refractivity contribution >= 4 is 35.4 Å². The highest BCUT2D eigenvalue weighted by Crippen LogP contribution is 2.23. The van der Waals surface area contributed by atoms with Crippen LogP contribution in [0.5, 0.6) is 0 Å². The summed E-state index contributed by atoms with van der Waals surface area (Å²) in [7, 11) is 6.79. The van der Waals surface area contributed by atoms with Gasteiger partial charge in [-0.25, -0.2) is 0 Å². The van der Waals surface area contributed by atoms with Gasteiger partial charge in [-0.2, -0.15) is 0 Å². The molecule has 394 valence electrons. The van der Waals surface area contributed by atoms with E-state index >= 15 is 0 Å². The van der Waals surface area contributed by atoms with Gasteiger partial charge in [0.2, 0.25) is 35.4 Å². The fourth-order valence-corrected chi connectivity index (χ4v) is 8.75. The van der Waals surface area contributed by atoms with Gasteiger partial charge in [0.1, 0.15) is 25.3 Å². The standard InChI is InChI=1S/C54H80N10O8/c1-39(57-7)51(67)59-49(53(69)63-29-19-25-45(63)37-61(47(65)35-55-5)31-27-43-21-13-11-14-22-43)41(3)71-33-17-9-10-18-34-72-42(4)50(60-52(68)40(2)58-8)54(70)64-30-20-26-46(64)38-62(48(66)36-56-6)32-28-44-23-15-12-16-24-44/h11-16,21-24,39-42,45-46,49-50,55-58H,19-20,25-38H2,1-8H3,(H,59,67)(H,60,68)/t39-,40-,41+,42+,45-,46-,49-,50-/m0/s1. The lowest BCUT2D eigenvalue weighted by Crippen LogP contribution is -2.59. The predicted octanol–water partition coefficient (Wildman–Crippen LogP) is 0.552. The maximum Gasteiger partial charge on any atom is 0.248 e. The number of nitrogens with one attached hydrogen (secondary N) is 6. The average Bonchev–Trinajstić information content (AvgIpc) is 4.07. The number of rotatable bonds is 28. The Hall–Kier alpha value is -5.86. The molecule has 0 radical (unpaired) electrons. The molecule has 18 heteroatoms. The molecule has 2 aromatic rings. The molecule has 6 N–H and O–H groups in total. The molecule has 2 heterocycles. The van der Waals surface area contributed by atoms with Crippen LogP contribution in [0.1, 0.15) is 64.5 Å². The third kappa shape index (κ3) is 18.6. The number of amides is 6. The minimum absolute atomic E-state index is 0.0531. The van der Waals surface area contributed by atoms with E-state index in [0.717, 1.165) is 24.0 Å². The molecule has 0 saturated carbocycles. The van der Waals surface area contributed by atoms with Crippen LogP contribution in [0.4, 0.5) is 0 Å². The van der Waals surface area contributed by atoms with Gasteiger partial charge in [0.15, 0.2) is 0 Å². The van der Waals surface area contributed by atoms with Crippen molar-refractivity contribution in [1.29, 1.82) is 0 Å². The minimum atomic E-state index is -1.02. The lowest BCUT2D eigenvalue weighted by Gasteiger charge is -2.35. The summed E-state index contributed by atoms with van der Waals surface area (Å²) in [4.78, 5) is 88.8. The molecule has 0 spiro atoms. The highest BCUT2D eigenvalue weighted by molar-refractivity contribution is 5.91. The monoisotopic (exact) mass is 997 g/mol. The number of carbonyl (C=O) groups excluding carboxylic acids is 6. The number of nitrogens with zero attached hydrogens (tertiary/aromatic N) is 4. The molecule has 0 bridgehead atoms. The van der Waals surface area contributed by atoms with Crippen LogP contribution in [-0.2, 0) is 51.1 Å². The lowest BCUT2D eigenvalue weighted by atomic mass is 10.1. The summed E-state index contributed by atoms with van der Waals surface area (Å²) in [6.07, 6.45) is 2.76. The largest absolute Gasteiger partial charge is 0.363 e. The zero-order valence-corrected chi connectivity index (χ0v) is 43.8. The van der Waals surface area contributed by atoms with Crippen molar-refractivity contribution in [3.8, 4) is 23.7 Å².